The van der Waals surface area contributed by atoms with Crippen molar-refractivity contribution in [2.24, 2.45) is 5.92 Å². The number of piperidine rings is 1. The summed E-state index contributed by atoms with van der Waals surface area (Å²) in [4.78, 5) is 25.7. The number of methoxy groups -OCH3 is 1. The summed E-state index contributed by atoms with van der Waals surface area (Å²) < 4.78 is 4.69. The molecule has 2 heterocycles. The van der Waals surface area contributed by atoms with E-state index < -0.39 is 5.54 Å². The normalized spacial score (nSPS) is 28.2. The van der Waals surface area contributed by atoms with Crippen molar-refractivity contribution in [2.75, 3.05) is 25.1 Å². The number of carbonyl (C=O) groups excluding carboxylic acids is 2. The van der Waals surface area contributed by atoms with E-state index in [1.165, 1.54) is 7.11 Å². The first-order chi connectivity index (χ1) is 9.54. The molecule has 2 fully saturated rings. The third kappa shape index (κ3) is 1.85. The second-order valence-electron chi connectivity index (χ2n) is 5.70. The van der Waals surface area contributed by atoms with E-state index >= 15 is 0 Å². The summed E-state index contributed by atoms with van der Waals surface area (Å²) in [5.74, 6) is 0.238. The van der Waals surface area contributed by atoms with Crippen LogP contribution in [0.4, 0.5) is 5.69 Å². The molecule has 1 N–H and O–H groups in total. The monoisotopic (exact) mass is 274 g/mol. The lowest BCUT2D eigenvalue weighted by molar-refractivity contribution is -0.126. The molecule has 0 radical (unpaired) electrons. The Morgan fingerprint density at radius 3 is 2.75 bits per heavy atom. The maximum absolute atomic E-state index is 12.2. The summed E-state index contributed by atoms with van der Waals surface area (Å²) in [5.41, 5.74) is 1.02. The molecule has 20 heavy (non-hydrogen) atoms. The maximum Gasteiger partial charge on any atom is 0.337 e. The van der Waals surface area contributed by atoms with Gasteiger partial charge in [0.25, 0.3) is 0 Å². The van der Waals surface area contributed by atoms with Gasteiger partial charge in [-0.1, -0.05) is 0 Å². The zero-order valence-corrected chi connectivity index (χ0v) is 11.7. The fraction of sp³-hybridized carbons (Fsp3) is 0.467. The van der Waals surface area contributed by atoms with E-state index in [0.717, 1.165) is 25.2 Å². The highest BCUT2D eigenvalue weighted by Crippen LogP contribution is 2.39. The fourth-order valence-electron chi connectivity index (χ4n) is 3.26. The minimum Gasteiger partial charge on any atom is -0.465 e. The number of benzene rings is 1. The van der Waals surface area contributed by atoms with E-state index in [-0.39, 0.29) is 11.9 Å². The zero-order valence-electron chi connectivity index (χ0n) is 11.7. The largest absolute Gasteiger partial charge is 0.465 e. The molecule has 2 saturated heterocycles. The molecule has 1 amide bonds. The van der Waals surface area contributed by atoms with Crippen LogP contribution in [0, 0.1) is 5.92 Å². The molecule has 2 aliphatic rings. The van der Waals surface area contributed by atoms with E-state index in [4.69, 9.17) is 4.74 Å². The first-order valence-corrected chi connectivity index (χ1v) is 6.79. The molecule has 0 saturated carbocycles. The standard InChI is InChI=1S/C15H18N2O3/c1-15-7-10(8-16-14(15)19)9-17(15)12-5-3-11(4-6-12)13(18)20-2/h3-6,10H,7-9H2,1-2H3,(H,16,19). The molecule has 0 spiro atoms. The van der Waals surface area contributed by atoms with Crippen molar-refractivity contribution in [2.45, 2.75) is 18.9 Å². The van der Waals surface area contributed by atoms with Crippen molar-refractivity contribution in [3.63, 3.8) is 0 Å². The quantitative estimate of drug-likeness (QED) is 0.823. The van der Waals surface area contributed by atoms with E-state index in [1.54, 1.807) is 12.1 Å². The number of ether oxygens (including phenoxy) is 1. The molecule has 106 valence electrons. The Labute approximate surface area is 117 Å². The van der Waals surface area contributed by atoms with Crippen LogP contribution in [0.25, 0.3) is 0 Å². The number of nitrogens with zero attached hydrogens (tertiary/aromatic N) is 1. The van der Waals surface area contributed by atoms with Crippen molar-refractivity contribution < 1.29 is 14.3 Å². The second kappa shape index (κ2) is 4.51. The van der Waals surface area contributed by atoms with Crippen molar-refractivity contribution in [1.82, 2.24) is 5.32 Å². The molecule has 3 rings (SSSR count). The summed E-state index contributed by atoms with van der Waals surface area (Å²) in [6.07, 6.45) is 0.886. The third-order valence-corrected chi connectivity index (χ3v) is 4.36. The van der Waals surface area contributed by atoms with Crippen LogP contribution in [-0.4, -0.2) is 37.6 Å². The van der Waals surface area contributed by atoms with Gasteiger partial charge in [-0.3, -0.25) is 4.79 Å². The van der Waals surface area contributed by atoms with Gasteiger partial charge < -0.3 is 15.0 Å². The molecular weight excluding hydrogens is 256 g/mol. The average molecular weight is 274 g/mol. The molecular formula is C15H18N2O3. The number of hydrogen-bond acceptors (Lipinski definition) is 4. The molecule has 1 aromatic rings. The summed E-state index contributed by atoms with van der Waals surface area (Å²) in [7, 11) is 1.37. The Morgan fingerprint density at radius 2 is 2.10 bits per heavy atom. The number of anilines is 1. The van der Waals surface area contributed by atoms with Gasteiger partial charge in [-0.25, -0.2) is 4.79 Å². The van der Waals surface area contributed by atoms with Crippen LogP contribution in [0.3, 0.4) is 0 Å². The van der Waals surface area contributed by atoms with E-state index in [2.05, 4.69) is 10.2 Å². The van der Waals surface area contributed by atoms with Crippen LogP contribution in [0.15, 0.2) is 24.3 Å². The predicted octanol–water partition coefficient (Wildman–Crippen LogP) is 1.19. The van der Waals surface area contributed by atoms with Gasteiger partial charge in [0, 0.05) is 18.8 Å². The van der Waals surface area contributed by atoms with Crippen molar-refractivity contribution in [3.8, 4) is 0 Å². The maximum atomic E-state index is 12.2. The molecule has 0 aromatic heterocycles. The molecule has 5 heteroatoms. The van der Waals surface area contributed by atoms with Gasteiger partial charge in [-0.15, -0.1) is 0 Å². The average Bonchev–Trinajstić information content (AvgIpc) is 2.76. The van der Waals surface area contributed by atoms with Crippen molar-refractivity contribution >= 4 is 17.6 Å². The van der Waals surface area contributed by atoms with Crippen molar-refractivity contribution in [3.05, 3.63) is 29.8 Å². The Bertz CT molecular complexity index is 555. The number of rotatable bonds is 2. The van der Waals surface area contributed by atoms with E-state index in [1.807, 2.05) is 19.1 Å². The first kappa shape index (κ1) is 13.0. The molecule has 1 aromatic carbocycles. The van der Waals surface area contributed by atoms with Crippen LogP contribution < -0.4 is 10.2 Å². The van der Waals surface area contributed by atoms with Crippen LogP contribution >= 0.6 is 0 Å². The van der Waals surface area contributed by atoms with Crippen molar-refractivity contribution in [1.29, 1.82) is 0 Å². The van der Waals surface area contributed by atoms with Gasteiger partial charge in [0.15, 0.2) is 0 Å². The molecule has 0 aliphatic carbocycles. The summed E-state index contributed by atoms with van der Waals surface area (Å²) in [5, 5.41) is 2.97. The van der Waals surface area contributed by atoms with Crippen LogP contribution in [0.5, 0.6) is 0 Å². The van der Waals surface area contributed by atoms with Crippen LogP contribution in [0.1, 0.15) is 23.7 Å². The third-order valence-electron chi connectivity index (χ3n) is 4.36. The van der Waals surface area contributed by atoms with Crippen LogP contribution in [-0.2, 0) is 9.53 Å². The van der Waals surface area contributed by atoms with Gasteiger partial charge >= 0.3 is 5.97 Å². The summed E-state index contributed by atoms with van der Waals surface area (Å²) in [6.45, 7) is 3.60. The van der Waals surface area contributed by atoms with Gasteiger partial charge in [0.2, 0.25) is 5.91 Å². The highest BCUT2D eigenvalue weighted by atomic mass is 16.5. The van der Waals surface area contributed by atoms with Gasteiger partial charge in [-0.2, -0.15) is 0 Å². The lowest BCUT2D eigenvalue weighted by Crippen LogP contribution is -2.55. The zero-order chi connectivity index (χ0) is 14.3. The number of hydrogen-bond donors (Lipinski definition) is 1. The highest BCUT2D eigenvalue weighted by Gasteiger charge is 2.50. The molecule has 2 atom stereocenters. The van der Waals surface area contributed by atoms with Gasteiger partial charge in [0.1, 0.15) is 5.54 Å². The van der Waals surface area contributed by atoms with Crippen LogP contribution in [0.2, 0.25) is 0 Å². The lowest BCUT2D eigenvalue weighted by atomic mass is 9.89. The molecule has 2 unspecified atom stereocenters. The van der Waals surface area contributed by atoms with E-state index in [0.29, 0.717) is 11.5 Å². The minimum atomic E-state index is -0.476. The van der Waals surface area contributed by atoms with E-state index in [9.17, 15) is 9.59 Å². The fourth-order valence-corrected chi connectivity index (χ4v) is 3.26. The molecule has 5 nitrogen and oxygen atoms in total. The van der Waals surface area contributed by atoms with Gasteiger partial charge in [0.05, 0.1) is 12.7 Å². The second-order valence-corrected chi connectivity index (χ2v) is 5.70. The lowest BCUT2D eigenvalue weighted by Gasteiger charge is -2.36. The Hall–Kier alpha value is -2.04. The summed E-state index contributed by atoms with van der Waals surface area (Å²) >= 11 is 0. The number of nitrogens with one attached hydrogen (secondary N) is 1. The number of esters is 1. The smallest absolute Gasteiger partial charge is 0.337 e. The topological polar surface area (TPSA) is 58.6 Å². The SMILES string of the molecule is COC(=O)c1ccc(N2CC3CNC(=O)C2(C)C3)cc1. The number of amides is 1. The minimum absolute atomic E-state index is 0.0864. The van der Waals surface area contributed by atoms with Gasteiger partial charge in [-0.05, 0) is 43.5 Å². The summed E-state index contributed by atoms with van der Waals surface area (Å²) in [6, 6.07) is 7.24. The molecule has 2 bridgehead atoms. The Kier molecular flexibility index (Phi) is 2.92. The predicted molar refractivity (Wildman–Crippen MR) is 74.6 cm³/mol. The first-order valence-electron chi connectivity index (χ1n) is 6.79. The number of carbonyl (C=O) groups is 2. The Balaban J connectivity index is 1.89. The number of fused-ring (bicyclic) bond motifs is 2. The Morgan fingerprint density at radius 1 is 1.40 bits per heavy atom. The highest BCUT2D eigenvalue weighted by molar-refractivity contribution is 5.92. The molecule has 2 aliphatic heterocycles.